The van der Waals surface area contributed by atoms with E-state index in [4.69, 9.17) is 17.3 Å². The fourth-order valence-corrected chi connectivity index (χ4v) is 3.69. The second-order valence-corrected chi connectivity index (χ2v) is 7.08. The van der Waals surface area contributed by atoms with E-state index in [-0.39, 0.29) is 4.90 Å². The summed E-state index contributed by atoms with van der Waals surface area (Å²) in [6, 6.07) is 10.9. The Morgan fingerprint density at radius 3 is 2.32 bits per heavy atom. The second-order valence-electron chi connectivity index (χ2n) is 3.80. The van der Waals surface area contributed by atoms with Crippen LogP contribution in [0.25, 0.3) is 0 Å². The average Bonchev–Trinajstić information content (AvgIpc) is 2.33. The lowest BCUT2D eigenvalue weighted by atomic mass is 10.3. The number of anilines is 2. The van der Waals surface area contributed by atoms with Gasteiger partial charge < -0.3 is 5.73 Å². The summed E-state index contributed by atoms with van der Waals surface area (Å²) in [6.45, 7) is 0. The molecule has 2 rings (SSSR count). The van der Waals surface area contributed by atoms with Crippen LogP contribution in [0.4, 0.5) is 11.4 Å². The maximum Gasteiger partial charge on any atom is 0.261 e. The molecule has 4 nitrogen and oxygen atoms in total. The average molecular weight is 409 g/mol. The van der Waals surface area contributed by atoms with Gasteiger partial charge in [-0.2, -0.15) is 0 Å². The molecule has 19 heavy (non-hydrogen) atoms. The number of hydrogen-bond donors (Lipinski definition) is 2. The van der Waals surface area contributed by atoms with Crippen molar-refractivity contribution < 1.29 is 8.42 Å². The number of nitrogens with one attached hydrogen (secondary N) is 1. The third kappa shape index (κ3) is 3.52. The van der Waals surface area contributed by atoms with Gasteiger partial charge in [0, 0.05) is 14.3 Å². The van der Waals surface area contributed by atoms with Gasteiger partial charge in [-0.05, 0) is 65.1 Å². The Labute approximate surface area is 130 Å². The Kier molecular flexibility index (Phi) is 4.22. The monoisotopic (exact) mass is 408 g/mol. The van der Waals surface area contributed by atoms with E-state index in [2.05, 4.69) is 4.72 Å². The summed E-state index contributed by atoms with van der Waals surface area (Å²) in [4.78, 5) is 0.160. The molecule has 7 heteroatoms. The predicted octanol–water partition coefficient (Wildman–Crippen LogP) is 3.33. The minimum Gasteiger partial charge on any atom is -0.399 e. The molecule has 100 valence electrons. The van der Waals surface area contributed by atoms with Crippen LogP contribution in [0.5, 0.6) is 0 Å². The molecule has 0 radical (unpaired) electrons. The first-order valence-corrected chi connectivity index (χ1v) is 8.16. The van der Waals surface area contributed by atoms with Crippen LogP contribution in [0.15, 0.2) is 47.4 Å². The highest BCUT2D eigenvalue weighted by Gasteiger charge is 2.15. The van der Waals surface area contributed by atoms with Crippen LogP contribution >= 0.6 is 34.2 Å². The number of benzene rings is 2. The van der Waals surface area contributed by atoms with Crippen LogP contribution in [0.1, 0.15) is 0 Å². The lowest BCUT2D eigenvalue weighted by Gasteiger charge is -2.10. The van der Waals surface area contributed by atoms with Crippen molar-refractivity contribution in [2.45, 2.75) is 4.90 Å². The minimum absolute atomic E-state index is 0.160. The molecule has 0 bridgehead atoms. The van der Waals surface area contributed by atoms with Crippen molar-refractivity contribution in [3.63, 3.8) is 0 Å². The van der Waals surface area contributed by atoms with Crippen LogP contribution in [-0.2, 0) is 10.0 Å². The van der Waals surface area contributed by atoms with E-state index in [1.165, 1.54) is 12.1 Å². The fourth-order valence-electron chi connectivity index (χ4n) is 1.42. The molecular formula is C12H10ClIN2O2S. The molecule has 2 aromatic rings. The number of sulfonamides is 1. The third-order valence-corrected chi connectivity index (χ3v) is 4.87. The van der Waals surface area contributed by atoms with Gasteiger partial charge >= 0.3 is 0 Å². The van der Waals surface area contributed by atoms with E-state index in [1.54, 1.807) is 30.3 Å². The molecule has 0 aliphatic heterocycles. The summed E-state index contributed by atoms with van der Waals surface area (Å²) in [5.74, 6) is 0. The Bertz CT molecular complexity index is 702. The van der Waals surface area contributed by atoms with E-state index in [1.807, 2.05) is 22.6 Å². The van der Waals surface area contributed by atoms with Crippen LogP contribution in [-0.4, -0.2) is 8.42 Å². The van der Waals surface area contributed by atoms with Crippen LogP contribution in [0.2, 0.25) is 5.02 Å². The van der Waals surface area contributed by atoms with E-state index in [9.17, 15) is 8.42 Å². The first-order valence-electron chi connectivity index (χ1n) is 5.22. The topological polar surface area (TPSA) is 72.2 Å². The maximum absolute atomic E-state index is 12.2. The van der Waals surface area contributed by atoms with E-state index in [0.717, 1.165) is 3.57 Å². The van der Waals surface area contributed by atoms with Crippen molar-refractivity contribution in [3.05, 3.63) is 51.1 Å². The van der Waals surface area contributed by atoms with Gasteiger partial charge in [0.05, 0.1) is 10.6 Å². The Morgan fingerprint density at radius 2 is 1.74 bits per heavy atom. The smallest absolute Gasteiger partial charge is 0.261 e. The first kappa shape index (κ1) is 14.4. The highest BCUT2D eigenvalue weighted by molar-refractivity contribution is 14.1. The summed E-state index contributed by atoms with van der Waals surface area (Å²) < 4.78 is 27.6. The molecule has 0 atom stereocenters. The standard InChI is InChI=1S/C12H10ClIN2O2S/c13-8-1-6-12(11(14)7-8)16-19(17,18)10-4-2-9(15)3-5-10/h1-7,16H,15H2. The molecule has 2 aromatic carbocycles. The molecule has 0 fully saturated rings. The normalized spacial score (nSPS) is 11.3. The van der Waals surface area contributed by atoms with Crippen molar-refractivity contribution >= 4 is 55.6 Å². The maximum atomic E-state index is 12.2. The molecular weight excluding hydrogens is 399 g/mol. The number of hydrogen-bond acceptors (Lipinski definition) is 3. The first-order chi connectivity index (χ1) is 8.88. The van der Waals surface area contributed by atoms with Gasteiger partial charge in [0.15, 0.2) is 0 Å². The zero-order valence-electron chi connectivity index (χ0n) is 9.60. The molecule has 0 amide bonds. The second kappa shape index (κ2) is 5.56. The summed E-state index contributed by atoms with van der Waals surface area (Å²) in [7, 11) is -3.62. The fraction of sp³-hybridized carbons (Fsp3) is 0. The molecule has 0 unspecified atom stereocenters. The van der Waals surface area contributed by atoms with E-state index in [0.29, 0.717) is 16.4 Å². The van der Waals surface area contributed by atoms with Gasteiger partial charge in [-0.15, -0.1) is 0 Å². The number of nitrogen functional groups attached to an aromatic ring is 1. The van der Waals surface area contributed by atoms with Crippen molar-refractivity contribution in [2.24, 2.45) is 0 Å². The molecule has 3 N–H and O–H groups in total. The molecule has 0 aliphatic carbocycles. The third-order valence-electron chi connectivity index (χ3n) is 2.37. The number of rotatable bonds is 3. The zero-order chi connectivity index (χ0) is 14.0. The van der Waals surface area contributed by atoms with Crippen molar-refractivity contribution in [1.82, 2.24) is 0 Å². The van der Waals surface area contributed by atoms with Crippen LogP contribution in [0, 0.1) is 3.57 Å². The molecule has 0 heterocycles. The highest BCUT2D eigenvalue weighted by Crippen LogP contribution is 2.25. The van der Waals surface area contributed by atoms with Gasteiger partial charge in [-0.1, -0.05) is 11.6 Å². The molecule has 0 aromatic heterocycles. The Morgan fingerprint density at radius 1 is 1.11 bits per heavy atom. The summed E-state index contributed by atoms with van der Waals surface area (Å²) in [5, 5.41) is 0.555. The van der Waals surface area contributed by atoms with E-state index < -0.39 is 10.0 Å². The quantitative estimate of drug-likeness (QED) is 0.604. The molecule has 0 saturated carbocycles. The largest absolute Gasteiger partial charge is 0.399 e. The SMILES string of the molecule is Nc1ccc(S(=O)(=O)Nc2ccc(Cl)cc2I)cc1. The molecule has 0 spiro atoms. The Hall–Kier alpha value is -0.990. The van der Waals surface area contributed by atoms with E-state index >= 15 is 0 Å². The van der Waals surface area contributed by atoms with Gasteiger partial charge in [-0.3, -0.25) is 4.72 Å². The molecule has 0 saturated heterocycles. The number of nitrogens with two attached hydrogens (primary N) is 1. The van der Waals surface area contributed by atoms with Crippen LogP contribution in [0.3, 0.4) is 0 Å². The lowest BCUT2D eigenvalue weighted by Crippen LogP contribution is -2.13. The van der Waals surface area contributed by atoms with Crippen molar-refractivity contribution in [3.8, 4) is 0 Å². The summed E-state index contributed by atoms with van der Waals surface area (Å²) in [6.07, 6.45) is 0. The van der Waals surface area contributed by atoms with Crippen molar-refractivity contribution in [1.29, 1.82) is 0 Å². The predicted molar refractivity (Wildman–Crippen MR) is 85.8 cm³/mol. The van der Waals surface area contributed by atoms with Gasteiger partial charge in [0.2, 0.25) is 0 Å². The minimum atomic E-state index is -3.62. The lowest BCUT2D eigenvalue weighted by molar-refractivity contribution is 0.601. The molecule has 0 aliphatic rings. The van der Waals surface area contributed by atoms with Crippen LogP contribution < -0.4 is 10.5 Å². The zero-order valence-corrected chi connectivity index (χ0v) is 13.3. The summed E-state index contributed by atoms with van der Waals surface area (Å²) >= 11 is 7.85. The van der Waals surface area contributed by atoms with Gasteiger partial charge in [-0.25, -0.2) is 8.42 Å². The Balaban J connectivity index is 2.33. The van der Waals surface area contributed by atoms with Gasteiger partial charge in [0.25, 0.3) is 10.0 Å². The highest BCUT2D eigenvalue weighted by atomic mass is 127. The summed E-state index contributed by atoms with van der Waals surface area (Å²) in [5.41, 5.74) is 6.53. The van der Waals surface area contributed by atoms with Gasteiger partial charge in [0.1, 0.15) is 0 Å². The number of halogens is 2. The van der Waals surface area contributed by atoms with Crippen molar-refractivity contribution in [2.75, 3.05) is 10.5 Å².